The van der Waals surface area contributed by atoms with Gasteiger partial charge in [-0.2, -0.15) is 13.2 Å². The number of fused-ring (bicyclic) bond motifs is 1. The van der Waals surface area contributed by atoms with Gasteiger partial charge < -0.3 is 14.2 Å². The number of hydrogen-bond donors (Lipinski definition) is 1. The van der Waals surface area contributed by atoms with Crippen LogP contribution in [0.3, 0.4) is 0 Å². The van der Waals surface area contributed by atoms with Crippen LogP contribution >= 0.6 is 0 Å². The summed E-state index contributed by atoms with van der Waals surface area (Å²) in [6.45, 7) is -1.27. The number of alkyl halides is 3. The molecule has 1 N–H and O–H groups in total. The number of rotatable bonds is 4. The number of halogens is 3. The summed E-state index contributed by atoms with van der Waals surface area (Å²) in [5.74, 6) is 0.0477. The molecule has 0 spiro atoms. The summed E-state index contributed by atoms with van der Waals surface area (Å²) in [6, 6.07) is 3.24. The van der Waals surface area contributed by atoms with Crippen molar-refractivity contribution < 1.29 is 32.2 Å². The van der Waals surface area contributed by atoms with E-state index in [1.165, 1.54) is 18.2 Å². The van der Waals surface area contributed by atoms with Crippen LogP contribution in [0.25, 0.3) is 0 Å². The molecule has 0 fully saturated rings. The Hall–Kier alpha value is -1.96. The quantitative estimate of drug-likeness (QED) is 0.857. The van der Waals surface area contributed by atoms with E-state index in [4.69, 9.17) is 9.47 Å². The van der Waals surface area contributed by atoms with Gasteiger partial charge in [-0.1, -0.05) is 6.07 Å². The topological polar surface area (TPSA) is 56.8 Å². The van der Waals surface area contributed by atoms with Crippen molar-refractivity contribution in [2.45, 2.75) is 12.2 Å². The van der Waals surface area contributed by atoms with E-state index < -0.39 is 24.7 Å². The van der Waals surface area contributed by atoms with E-state index in [1.54, 1.807) is 0 Å². The zero-order chi connectivity index (χ0) is 14.8. The molecule has 0 amide bonds. The normalized spacial score (nSPS) is 15.0. The van der Waals surface area contributed by atoms with Gasteiger partial charge in [0.1, 0.15) is 6.04 Å². The molecule has 110 valence electrons. The molecule has 1 aliphatic heterocycles. The predicted octanol–water partition coefficient (Wildman–Crippen LogP) is 1.78. The minimum atomic E-state index is -4.43. The summed E-state index contributed by atoms with van der Waals surface area (Å²) in [5, 5.41) is 2.12. The van der Waals surface area contributed by atoms with Crippen molar-refractivity contribution in [3.05, 3.63) is 23.8 Å². The monoisotopic (exact) mass is 291 g/mol. The van der Waals surface area contributed by atoms with Crippen molar-refractivity contribution in [2.75, 3.05) is 20.4 Å². The van der Waals surface area contributed by atoms with Crippen molar-refractivity contribution in [1.29, 1.82) is 0 Å². The van der Waals surface area contributed by atoms with Crippen molar-refractivity contribution in [3.8, 4) is 11.5 Å². The molecule has 0 saturated carbocycles. The second-order valence-corrected chi connectivity index (χ2v) is 4.06. The average molecular weight is 291 g/mol. The van der Waals surface area contributed by atoms with Gasteiger partial charge in [-0.15, -0.1) is 0 Å². The molecule has 1 heterocycles. The van der Waals surface area contributed by atoms with Gasteiger partial charge in [-0.3, -0.25) is 5.32 Å². The minimum absolute atomic E-state index is 0.0393. The van der Waals surface area contributed by atoms with Crippen LogP contribution in [0.15, 0.2) is 18.2 Å². The Bertz CT molecular complexity index is 504. The van der Waals surface area contributed by atoms with Gasteiger partial charge in [-0.25, -0.2) is 4.79 Å². The molecule has 0 aromatic heterocycles. The third kappa shape index (κ3) is 3.32. The first-order chi connectivity index (χ1) is 9.40. The average Bonchev–Trinajstić information content (AvgIpc) is 2.84. The Morgan fingerprint density at radius 1 is 1.40 bits per heavy atom. The lowest BCUT2D eigenvalue weighted by Gasteiger charge is -2.18. The fourth-order valence-corrected chi connectivity index (χ4v) is 1.77. The number of hydrogen-bond acceptors (Lipinski definition) is 5. The first kappa shape index (κ1) is 14.4. The summed E-state index contributed by atoms with van der Waals surface area (Å²) >= 11 is 0. The van der Waals surface area contributed by atoms with Crippen molar-refractivity contribution in [1.82, 2.24) is 5.32 Å². The molecule has 1 atom stereocenters. The Labute approximate surface area is 112 Å². The zero-order valence-corrected chi connectivity index (χ0v) is 10.5. The standard InChI is InChI=1S/C12H12F3NO4/c1-18-11(17)10(16-5-12(13,14)15)7-2-3-8-9(4-7)20-6-19-8/h2-4,10,16H,5-6H2,1H3. The first-order valence-electron chi connectivity index (χ1n) is 5.68. The summed E-state index contributed by atoms with van der Waals surface area (Å²) < 4.78 is 51.5. The van der Waals surface area contributed by atoms with E-state index in [0.717, 1.165) is 7.11 Å². The van der Waals surface area contributed by atoms with Gasteiger partial charge >= 0.3 is 12.1 Å². The molecule has 1 aromatic rings. The highest BCUT2D eigenvalue weighted by atomic mass is 19.4. The summed E-state index contributed by atoms with van der Waals surface area (Å²) in [6.07, 6.45) is -4.43. The summed E-state index contributed by atoms with van der Waals surface area (Å²) in [4.78, 5) is 11.6. The Kier molecular flexibility index (Phi) is 4.03. The highest BCUT2D eigenvalue weighted by Crippen LogP contribution is 2.34. The number of carbonyl (C=O) groups is 1. The molecule has 0 bridgehead atoms. The number of benzene rings is 1. The van der Waals surface area contributed by atoms with Crippen LogP contribution in [0.2, 0.25) is 0 Å². The van der Waals surface area contributed by atoms with Gasteiger partial charge in [0.15, 0.2) is 11.5 Å². The SMILES string of the molecule is COC(=O)C(NCC(F)(F)F)c1ccc2c(c1)OCO2. The molecule has 0 saturated heterocycles. The van der Waals surface area contributed by atoms with Crippen LogP contribution in [0, 0.1) is 0 Å². The van der Waals surface area contributed by atoms with Crippen LogP contribution in [0.5, 0.6) is 11.5 Å². The van der Waals surface area contributed by atoms with Crippen LogP contribution in [-0.2, 0) is 9.53 Å². The third-order valence-corrected chi connectivity index (χ3v) is 2.67. The van der Waals surface area contributed by atoms with E-state index in [2.05, 4.69) is 10.1 Å². The van der Waals surface area contributed by atoms with Crippen LogP contribution in [0.4, 0.5) is 13.2 Å². The van der Waals surface area contributed by atoms with E-state index in [-0.39, 0.29) is 6.79 Å². The van der Waals surface area contributed by atoms with Gasteiger partial charge in [0.25, 0.3) is 0 Å². The molecule has 1 aromatic carbocycles. The summed E-state index contributed by atoms with van der Waals surface area (Å²) in [7, 11) is 1.11. The number of nitrogens with one attached hydrogen (secondary N) is 1. The maximum atomic E-state index is 12.3. The molecule has 8 heteroatoms. The fraction of sp³-hybridized carbons (Fsp3) is 0.417. The number of carbonyl (C=O) groups excluding carboxylic acids is 1. The maximum Gasteiger partial charge on any atom is 0.401 e. The lowest BCUT2D eigenvalue weighted by molar-refractivity contribution is -0.146. The number of methoxy groups -OCH3 is 1. The molecular weight excluding hydrogens is 279 g/mol. The van der Waals surface area contributed by atoms with Gasteiger partial charge in [0.2, 0.25) is 6.79 Å². The van der Waals surface area contributed by atoms with Crippen LogP contribution in [0.1, 0.15) is 11.6 Å². The second-order valence-electron chi connectivity index (χ2n) is 4.06. The van der Waals surface area contributed by atoms with E-state index in [0.29, 0.717) is 17.1 Å². The molecule has 2 rings (SSSR count). The van der Waals surface area contributed by atoms with Crippen molar-refractivity contribution in [2.24, 2.45) is 0 Å². The molecule has 5 nitrogen and oxygen atoms in total. The van der Waals surface area contributed by atoms with Crippen molar-refractivity contribution >= 4 is 5.97 Å². The van der Waals surface area contributed by atoms with Gasteiger partial charge in [0, 0.05) is 0 Å². The smallest absolute Gasteiger partial charge is 0.401 e. The maximum absolute atomic E-state index is 12.3. The van der Waals surface area contributed by atoms with E-state index >= 15 is 0 Å². The molecule has 0 aliphatic carbocycles. The molecular formula is C12H12F3NO4. The predicted molar refractivity (Wildman–Crippen MR) is 61.4 cm³/mol. The highest BCUT2D eigenvalue weighted by Gasteiger charge is 2.31. The van der Waals surface area contributed by atoms with Crippen LogP contribution in [-0.4, -0.2) is 32.6 Å². The van der Waals surface area contributed by atoms with Gasteiger partial charge in [-0.05, 0) is 17.7 Å². The Morgan fingerprint density at radius 3 is 2.75 bits per heavy atom. The summed E-state index contributed by atoms with van der Waals surface area (Å²) in [5.41, 5.74) is 0.311. The minimum Gasteiger partial charge on any atom is -0.468 e. The number of esters is 1. The Balaban J connectivity index is 2.20. The zero-order valence-electron chi connectivity index (χ0n) is 10.5. The largest absolute Gasteiger partial charge is 0.468 e. The third-order valence-electron chi connectivity index (χ3n) is 2.67. The fourth-order valence-electron chi connectivity index (χ4n) is 1.77. The van der Waals surface area contributed by atoms with Crippen LogP contribution < -0.4 is 14.8 Å². The first-order valence-corrected chi connectivity index (χ1v) is 5.68. The molecule has 0 radical (unpaired) electrons. The van der Waals surface area contributed by atoms with Gasteiger partial charge in [0.05, 0.1) is 13.7 Å². The lowest BCUT2D eigenvalue weighted by Crippen LogP contribution is -2.36. The Morgan fingerprint density at radius 2 is 2.10 bits per heavy atom. The van der Waals surface area contributed by atoms with E-state index in [1.807, 2.05) is 0 Å². The molecule has 1 aliphatic rings. The lowest BCUT2D eigenvalue weighted by atomic mass is 10.1. The van der Waals surface area contributed by atoms with E-state index in [9.17, 15) is 18.0 Å². The molecule has 20 heavy (non-hydrogen) atoms. The number of ether oxygens (including phenoxy) is 3. The van der Waals surface area contributed by atoms with Crippen molar-refractivity contribution in [3.63, 3.8) is 0 Å². The second kappa shape index (κ2) is 5.58. The highest BCUT2D eigenvalue weighted by molar-refractivity contribution is 5.78. The molecule has 1 unspecified atom stereocenters.